The zero-order chi connectivity index (χ0) is 19.7. The van der Waals surface area contributed by atoms with Crippen molar-refractivity contribution in [3.8, 4) is 0 Å². The minimum absolute atomic E-state index is 0.168. The molecule has 0 radical (unpaired) electrons. The van der Waals surface area contributed by atoms with E-state index in [1.165, 1.54) is 21.5 Å². The van der Waals surface area contributed by atoms with Gasteiger partial charge in [0.15, 0.2) is 5.82 Å². The lowest BCUT2D eigenvalue weighted by Gasteiger charge is -2.07. The number of anilines is 1. The van der Waals surface area contributed by atoms with Crippen LogP contribution in [0.5, 0.6) is 0 Å². The molecule has 2 heterocycles. The number of hydrogen-bond donors (Lipinski definition) is 1. The highest BCUT2D eigenvalue weighted by atomic mass is 19.3. The molecule has 1 aliphatic rings. The van der Waals surface area contributed by atoms with Crippen LogP contribution in [0, 0.1) is 5.82 Å². The quantitative estimate of drug-likeness (QED) is 0.670. The van der Waals surface area contributed by atoms with Gasteiger partial charge in [-0.2, -0.15) is 10.2 Å². The van der Waals surface area contributed by atoms with Gasteiger partial charge >= 0.3 is 0 Å². The van der Waals surface area contributed by atoms with Crippen molar-refractivity contribution in [3.05, 3.63) is 65.4 Å². The van der Waals surface area contributed by atoms with Crippen LogP contribution in [0.1, 0.15) is 42.1 Å². The minimum atomic E-state index is -2.67. The van der Waals surface area contributed by atoms with Gasteiger partial charge in [0.25, 0.3) is 6.43 Å². The number of amides is 1. The number of benzene rings is 1. The summed E-state index contributed by atoms with van der Waals surface area (Å²) in [6.45, 7) is 0.0595. The second-order valence-electron chi connectivity index (χ2n) is 6.76. The van der Waals surface area contributed by atoms with Crippen LogP contribution in [-0.4, -0.2) is 25.5 Å². The van der Waals surface area contributed by atoms with Gasteiger partial charge in [-0.15, -0.1) is 0 Å². The molecule has 0 atom stereocenters. The van der Waals surface area contributed by atoms with Gasteiger partial charge in [0.05, 0.1) is 6.54 Å². The lowest BCUT2D eigenvalue weighted by Crippen LogP contribution is -2.21. The lowest BCUT2D eigenvalue weighted by atomic mass is 10.2. The number of halogens is 3. The molecule has 4 rings (SSSR count). The fraction of sp³-hybridized carbons (Fsp3) is 0.316. The summed E-state index contributed by atoms with van der Waals surface area (Å²) in [6, 6.07) is 9.34. The van der Waals surface area contributed by atoms with Crippen molar-refractivity contribution < 1.29 is 18.0 Å². The van der Waals surface area contributed by atoms with E-state index in [-0.39, 0.29) is 30.5 Å². The van der Waals surface area contributed by atoms with E-state index in [1.807, 2.05) is 0 Å². The van der Waals surface area contributed by atoms with Gasteiger partial charge in [0.1, 0.15) is 18.1 Å². The minimum Gasteiger partial charge on any atom is -0.308 e. The molecule has 0 bridgehead atoms. The molecule has 28 heavy (non-hydrogen) atoms. The molecule has 1 aliphatic carbocycles. The van der Waals surface area contributed by atoms with Gasteiger partial charge < -0.3 is 5.32 Å². The topological polar surface area (TPSA) is 64.7 Å². The third-order valence-corrected chi connectivity index (χ3v) is 4.54. The summed E-state index contributed by atoms with van der Waals surface area (Å²) in [5, 5.41) is 10.7. The summed E-state index contributed by atoms with van der Waals surface area (Å²) >= 11 is 0. The highest BCUT2D eigenvalue weighted by Crippen LogP contribution is 2.41. The van der Waals surface area contributed by atoms with E-state index >= 15 is 0 Å². The summed E-state index contributed by atoms with van der Waals surface area (Å²) in [5.74, 6) is -0.255. The predicted octanol–water partition coefficient (Wildman–Crippen LogP) is 3.72. The van der Waals surface area contributed by atoms with Gasteiger partial charge in [0.2, 0.25) is 5.91 Å². The standard InChI is InChI=1S/C19H18F3N5O/c20-14-4-2-1-3-13(14)10-26-8-7-17(25-26)23-18(28)11-27-16(12-5-6-12)9-15(24-27)19(21)22/h1-4,7-9,12,19H,5-6,10-11H2,(H,23,25,28). The normalized spacial score (nSPS) is 13.9. The highest BCUT2D eigenvalue weighted by molar-refractivity contribution is 5.89. The maximum atomic E-state index is 13.7. The summed E-state index contributed by atoms with van der Waals surface area (Å²) in [5.41, 5.74) is 0.827. The Morgan fingerprint density at radius 3 is 2.71 bits per heavy atom. The van der Waals surface area contributed by atoms with Crippen molar-refractivity contribution in [1.82, 2.24) is 19.6 Å². The maximum absolute atomic E-state index is 13.7. The van der Waals surface area contributed by atoms with E-state index in [0.29, 0.717) is 17.1 Å². The first-order chi connectivity index (χ1) is 13.5. The SMILES string of the molecule is O=C(Cn1nc(C(F)F)cc1C1CC1)Nc1ccn(Cc2ccccc2F)n1. The van der Waals surface area contributed by atoms with E-state index in [0.717, 1.165) is 12.8 Å². The van der Waals surface area contributed by atoms with Gasteiger partial charge in [-0.05, 0) is 25.0 Å². The molecule has 3 aromatic rings. The molecule has 0 saturated heterocycles. The van der Waals surface area contributed by atoms with Crippen molar-refractivity contribution in [2.24, 2.45) is 0 Å². The number of carbonyl (C=O) groups excluding carboxylic acids is 1. The maximum Gasteiger partial charge on any atom is 0.282 e. The van der Waals surface area contributed by atoms with Crippen LogP contribution in [0.4, 0.5) is 19.0 Å². The average molecular weight is 389 g/mol. The molecule has 0 aliphatic heterocycles. The van der Waals surface area contributed by atoms with E-state index in [4.69, 9.17) is 0 Å². The predicted molar refractivity (Wildman–Crippen MR) is 95.5 cm³/mol. The molecule has 1 aromatic carbocycles. The molecule has 1 amide bonds. The Balaban J connectivity index is 1.41. The Morgan fingerprint density at radius 1 is 1.21 bits per heavy atom. The van der Waals surface area contributed by atoms with Gasteiger partial charge in [-0.25, -0.2) is 13.2 Å². The smallest absolute Gasteiger partial charge is 0.282 e. The van der Waals surface area contributed by atoms with Crippen LogP contribution < -0.4 is 5.32 Å². The first-order valence-electron chi connectivity index (χ1n) is 8.92. The largest absolute Gasteiger partial charge is 0.308 e. The molecular formula is C19H18F3N5O. The van der Waals surface area contributed by atoms with Crippen molar-refractivity contribution >= 4 is 11.7 Å². The molecule has 146 valence electrons. The van der Waals surface area contributed by atoms with Crippen molar-refractivity contribution in [1.29, 1.82) is 0 Å². The zero-order valence-electron chi connectivity index (χ0n) is 14.9. The number of nitrogens with zero attached hydrogens (tertiary/aromatic N) is 4. The number of nitrogens with one attached hydrogen (secondary N) is 1. The molecule has 2 aromatic heterocycles. The van der Waals surface area contributed by atoms with Gasteiger partial charge in [0, 0.05) is 29.4 Å². The number of aromatic nitrogens is 4. The first-order valence-corrected chi connectivity index (χ1v) is 8.92. The Labute approximate surface area is 159 Å². The van der Waals surface area contributed by atoms with E-state index < -0.39 is 12.3 Å². The highest BCUT2D eigenvalue weighted by Gasteiger charge is 2.30. The molecule has 6 nitrogen and oxygen atoms in total. The second-order valence-corrected chi connectivity index (χ2v) is 6.76. The van der Waals surface area contributed by atoms with Gasteiger partial charge in [-0.3, -0.25) is 14.2 Å². The van der Waals surface area contributed by atoms with Crippen LogP contribution in [0.15, 0.2) is 42.6 Å². The van der Waals surface area contributed by atoms with Crippen LogP contribution >= 0.6 is 0 Å². The molecule has 1 fully saturated rings. The monoisotopic (exact) mass is 389 g/mol. The van der Waals surface area contributed by atoms with Crippen LogP contribution in [-0.2, 0) is 17.9 Å². The molecule has 0 unspecified atom stereocenters. The Morgan fingerprint density at radius 2 is 2.00 bits per heavy atom. The van der Waals surface area contributed by atoms with Gasteiger partial charge in [-0.1, -0.05) is 18.2 Å². The van der Waals surface area contributed by atoms with E-state index in [2.05, 4.69) is 15.5 Å². The summed E-state index contributed by atoms with van der Waals surface area (Å²) in [4.78, 5) is 12.3. The van der Waals surface area contributed by atoms with E-state index in [1.54, 1.807) is 30.5 Å². The molecular weight excluding hydrogens is 371 g/mol. The molecule has 9 heteroatoms. The Bertz CT molecular complexity index is 993. The Hall–Kier alpha value is -3.10. The number of alkyl halides is 2. The number of carbonyl (C=O) groups is 1. The number of rotatable bonds is 7. The van der Waals surface area contributed by atoms with Crippen molar-refractivity contribution in [3.63, 3.8) is 0 Å². The molecule has 0 spiro atoms. The summed E-state index contributed by atoms with van der Waals surface area (Å²) in [6.07, 6.45) is 0.781. The van der Waals surface area contributed by atoms with E-state index in [9.17, 15) is 18.0 Å². The van der Waals surface area contributed by atoms with Crippen LogP contribution in [0.25, 0.3) is 0 Å². The summed E-state index contributed by atoms with van der Waals surface area (Å²) < 4.78 is 42.4. The van der Waals surface area contributed by atoms with Crippen molar-refractivity contribution in [2.75, 3.05) is 5.32 Å². The average Bonchev–Trinajstić information content (AvgIpc) is 3.27. The molecule has 1 N–H and O–H groups in total. The third kappa shape index (κ3) is 4.08. The third-order valence-electron chi connectivity index (χ3n) is 4.54. The van der Waals surface area contributed by atoms with Crippen LogP contribution in [0.2, 0.25) is 0 Å². The second kappa shape index (κ2) is 7.49. The van der Waals surface area contributed by atoms with Crippen molar-refractivity contribution in [2.45, 2.75) is 38.3 Å². The Kier molecular flexibility index (Phi) is 4.89. The summed E-state index contributed by atoms with van der Waals surface area (Å²) in [7, 11) is 0. The number of hydrogen-bond acceptors (Lipinski definition) is 3. The zero-order valence-corrected chi connectivity index (χ0v) is 14.9. The fourth-order valence-electron chi connectivity index (χ4n) is 3.03. The lowest BCUT2D eigenvalue weighted by molar-refractivity contribution is -0.117. The molecule has 1 saturated carbocycles. The van der Waals surface area contributed by atoms with Crippen LogP contribution in [0.3, 0.4) is 0 Å². The fourth-order valence-corrected chi connectivity index (χ4v) is 3.03. The first kappa shape index (κ1) is 18.3.